The summed E-state index contributed by atoms with van der Waals surface area (Å²) < 4.78 is 41.6. The topological polar surface area (TPSA) is 253 Å². The molecule has 5 amide bonds. The van der Waals surface area contributed by atoms with Gasteiger partial charge in [0.2, 0.25) is 11.3 Å². The number of aromatic nitrogens is 1. The molecule has 0 saturated carbocycles. The first kappa shape index (κ1) is 49.3. The van der Waals surface area contributed by atoms with E-state index in [-0.39, 0.29) is 75.5 Å². The molecule has 0 spiro atoms. The first-order valence-electron chi connectivity index (χ1n) is 21.8. The van der Waals surface area contributed by atoms with E-state index in [9.17, 15) is 38.3 Å². The number of urea groups is 1. The van der Waals surface area contributed by atoms with Gasteiger partial charge in [0.15, 0.2) is 0 Å². The van der Waals surface area contributed by atoms with Gasteiger partial charge in [-0.2, -0.15) is 0 Å². The molecular formula is C48H53F2N9O9. The molecule has 68 heavy (non-hydrogen) atoms. The van der Waals surface area contributed by atoms with Gasteiger partial charge in [-0.25, -0.2) is 28.0 Å². The van der Waals surface area contributed by atoms with Crippen molar-refractivity contribution in [3.63, 3.8) is 0 Å². The van der Waals surface area contributed by atoms with Gasteiger partial charge in [-0.3, -0.25) is 9.59 Å². The smallest absolute Gasteiger partial charge is 0.410 e. The molecule has 2 heterocycles. The van der Waals surface area contributed by atoms with Crippen LogP contribution in [0.15, 0.2) is 114 Å². The number of anilines is 2. The Kier molecular flexibility index (Phi) is 16.9. The van der Waals surface area contributed by atoms with Crippen LogP contribution in [0.3, 0.4) is 0 Å². The zero-order valence-corrected chi connectivity index (χ0v) is 37.2. The summed E-state index contributed by atoms with van der Waals surface area (Å²) in [6, 6.07) is 21.6. The molecule has 1 aliphatic rings. The third kappa shape index (κ3) is 13.5. The van der Waals surface area contributed by atoms with Crippen molar-refractivity contribution in [3.8, 4) is 0 Å². The number of fused-ring (bicyclic) bond motifs is 1. The van der Waals surface area contributed by atoms with E-state index in [0.29, 0.717) is 35.3 Å². The Labute approximate surface area is 389 Å². The van der Waals surface area contributed by atoms with Gasteiger partial charge >= 0.3 is 24.2 Å². The fourth-order valence-corrected chi connectivity index (χ4v) is 7.46. The lowest BCUT2D eigenvalue weighted by Crippen LogP contribution is -2.49. The Balaban J connectivity index is 1.04. The Hall–Kier alpha value is -8.16. The fourth-order valence-electron chi connectivity index (χ4n) is 7.46. The summed E-state index contributed by atoms with van der Waals surface area (Å²) in [7, 11) is 0. The minimum Gasteiger partial charge on any atom is -0.477 e. The molecule has 6 rings (SSSR count). The minimum atomic E-state index is -1.39. The second kappa shape index (κ2) is 23.3. The molecule has 1 aliphatic heterocycles. The number of ether oxygens (including phenoxy) is 2. The summed E-state index contributed by atoms with van der Waals surface area (Å²) >= 11 is 0. The molecule has 0 unspecified atom stereocenters. The van der Waals surface area contributed by atoms with E-state index >= 15 is 4.39 Å². The molecule has 0 radical (unpaired) electrons. The lowest BCUT2D eigenvalue weighted by atomic mass is 10.0. The average Bonchev–Trinajstić information content (AvgIpc) is 3.33. The molecule has 5 aromatic rings. The zero-order chi connectivity index (χ0) is 48.7. The number of aromatic carboxylic acids is 1. The van der Waals surface area contributed by atoms with E-state index in [2.05, 4.69) is 21.3 Å². The monoisotopic (exact) mass is 937 g/mol. The number of halogens is 2. The maximum absolute atomic E-state index is 15.4. The van der Waals surface area contributed by atoms with Crippen LogP contribution in [-0.2, 0) is 40.4 Å². The van der Waals surface area contributed by atoms with Crippen molar-refractivity contribution >= 4 is 52.4 Å². The number of nitrogens with two attached hydrogens (primary N) is 2. The largest absolute Gasteiger partial charge is 0.477 e. The van der Waals surface area contributed by atoms with Gasteiger partial charge in [0.25, 0.3) is 0 Å². The number of benzene rings is 4. The summed E-state index contributed by atoms with van der Waals surface area (Å²) in [5, 5.41) is 20.5. The number of carboxylic acids is 1. The number of aryl methyl sites for hydroxylation is 1. The highest BCUT2D eigenvalue weighted by atomic mass is 19.1. The highest BCUT2D eigenvalue weighted by molar-refractivity contribution is 5.95. The number of carbonyl (C=O) groups excluding carboxylic acids is 4. The van der Waals surface area contributed by atoms with Gasteiger partial charge in [-0.1, -0.05) is 54.6 Å². The quantitative estimate of drug-likeness (QED) is 0.0532. The van der Waals surface area contributed by atoms with Gasteiger partial charge in [0, 0.05) is 68.4 Å². The fraction of sp³-hybridized carbons (Fsp3) is 0.292. The maximum atomic E-state index is 15.4. The highest BCUT2D eigenvalue weighted by Crippen LogP contribution is 2.27. The van der Waals surface area contributed by atoms with Gasteiger partial charge in [0.05, 0.1) is 17.2 Å². The van der Waals surface area contributed by atoms with Crippen LogP contribution < -0.4 is 43.1 Å². The van der Waals surface area contributed by atoms with Gasteiger partial charge in [0.1, 0.15) is 36.5 Å². The Morgan fingerprint density at radius 2 is 1.50 bits per heavy atom. The molecule has 358 valence electrons. The number of rotatable bonds is 19. The number of carbonyl (C=O) groups is 5. The van der Waals surface area contributed by atoms with E-state index in [4.69, 9.17) is 20.9 Å². The van der Waals surface area contributed by atoms with Gasteiger partial charge in [-0.15, -0.1) is 0 Å². The van der Waals surface area contributed by atoms with Crippen molar-refractivity contribution in [2.45, 2.75) is 58.0 Å². The van der Waals surface area contributed by atoms with Crippen LogP contribution >= 0.6 is 0 Å². The predicted octanol–water partition coefficient (Wildman–Crippen LogP) is 5.14. The van der Waals surface area contributed by atoms with E-state index < -0.39 is 64.8 Å². The lowest BCUT2D eigenvalue weighted by Gasteiger charge is -2.35. The molecule has 18 nitrogen and oxygen atoms in total. The van der Waals surface area contributed by atoms with Crippen LogP contribution in [0.4, 0.5) is 34.5 Å². The predicted molar refractivity (Wildman–Crippen MR) is 250 cm³/mol. The van der Waals surface area contributed by atoms with E-state index in [1.807, 2.05) is 30.3 Å². The van der Waals surface area contributed by atoms with Crippen molar-refractivity contribution in [1.29, 1.82) is 0 Å². The second-order valence-corrected chi connectivity index (χ2v) is 15.9. The molecule has 9 N–H and O–H groups in total. The molecular weight excluding hydrogens is 885 g/mol. The molecule has 0 aliphatic carbocycles. The van der Waals surface area contributed by atoms with Crippen LogP contribution in [-0.4, -0.2) is 89.5 Å². The zero-order valence-electron chi connectivity index (χ0n) is 37.2. The molecule has 20 heteroatoms. The average molecular weight is 938 g/mol. The van der Waals surface area contributed by atoms with Gasteiger partial charge in [-0.05, 0) is 79.3 Å². The number of alkyl carbamates (subject to hydrolysis) is 1. The van der Waals surface area contributed by atoms with Crippen LogP contribution in [0, 0.1) is 11.6 Å². The van der Waals surface area contributed by atoms with E-state index in [0.717, 1.165) is 11.6 Å². The summed E-state index contributed by atoms with van der Waals surface area (Å²) in [5.74, 6) is -2.96. The number of pyridine rings is 1. The number of primary amides is 1. The summed E-state index contributed by atoms with van der Waals surface area (Å²) in [4.78, 5) is 78.6. The standard InChI is InChI=1S/C48H53F2N9O9/c1-2-57-27-36(45(62)63)43(60)35-24-37(50)42(25-41(35)57)58-19-21-59(22-20-58)48(66)68-29-32-12-16-34(17-13-32)55-44(61)39(9-6-18-53-46(52)64)54-26-38(51)40(23-30-10-14-33(49)15-11-30)56-47(65)67-28-31-7-4-3-5-8-31/h3-5,7-8,10-17,24-27,39-40,54H,2,6,9,18-23,28-29,51H2,1H3,(H,55,61)(H,56,65)(H,62,63)(H3,52,53,64)/b38-26-/t39-,40-/m0/s1. The molecule has 1 saturated heterocycles. The Morgan fingerprint density at radius 1 is 0.838 bits per heavy atom. The molecule has 4 aromatic carbocycles. The summed E-state index contributed by atoms with van der Waals surface area (Å²) in [5.41, 5.74) is 13.8. The number of hydrogen-bond donors (Lipinski definition) is 7. The molecule has 2 atom stereocenters. The number of nitrogens with zero attached hydrogens (tertiary/aromatic N) is 3. The number of amides is 5. The number of hydrogen-bond acceptors (Lipinski definition) is 11. The number of carboxylic acid groups (broad SMARTS) is 1. The maximum Gasteiger partial charge on any atom is 0.410 e. The Bertz CT molecular complexity index is 2680. The van der Waals surface area contributed by atoms with Crippen molar-refractivity contribution in [2.24, 2.45) is 11.5 Å². The highest BCUT2D eigenvalue weighted by Gasteiger charge is 2.26. The van der Waals surface area contributed by atoms with Crippen molar-refractivity contribution in [1.82, 2.24) is 25.4 Å². The molecule has 1 fully saturated rings. The second-order valence-electron chi connectivity index (χ2n) is 15.9. The third-order valence-corrected chi connectivity index (χ3v) is 11.2. The SMILES string of the molecule is CCn1cc(C(=O)O)c(=O)c2cc(F)c(N3CCN(C(=O)OCc4ccc(NC(=O)[C@H](CCCNC(N)=O)N/C=C(\N)[C@H](Cc5ccc(F)cc5)NC(=O)OCc5ccccc5)cc4)CC3)cc21. The summed E-state index contributed by atoms with van der Waals surface area (Å²) in [6.07, 6.45) is 2.08. The van der Waals surface area contributed by atoms with Crippen LogP contribution in [0.5, 0.6) is 0 Å². The number of nitrogens with one attached hydrogen (secondary N) is 4. The number of piperazine rings is 1. The van der Waals surface area contributed by atoms with Gasteiger partial charge < -0.3 is 61.7 Å². The van der Waals surface area contributed by atoms with Crippen LogP contribution in [0.25, 0.3) is 10.9 Å². The first-order chi connectivity index (χ1) is 32.7. The normalized spacial score (nSPS) is 13.5. The summed E-state index contributed by atoms with van der Waals surface area (Å²) in [6.45, 7) is 3.25. The van der Waals surface area contributed by atoms with Crippen LogP contribution in [0.1, 0.15) is 46.8 Å². The van der Waals surface area contributed by atoms with E-state index in [1.54, 1.807) is 52.8 Å². The molecule has 0 bridgehead atoms. The van der Waals surface area contributed by atoms with Crippen molar-refractivity contribution in [2.75, 3.05) is 42.9 Å². The Morgan fingerprint density at radius 3 is 2.16 bits per heavy atom. The van der Waals surface area contributed by atoms with Crippen molar-refractivity contribution in [3.05, 3.63) is 153 Å². The minimum absolute atomic E-state index is 0.0107. The van der Waals surface area contributed by atoms with Crippen molar-refractivity contribution < 1.29 is 47.3 Å². The lowest BCUT2D eigenvalue weighted by molar-refractivity contribution is -0.118. The van der Waals surface area contributed by atoms with E-state index in [1.165, 1.54) is 35.5 Å². The molecule has 1 aromatic heterocycles. The first-order valence-corrected chi connectivity index (χ1v) is 21.8. The third-order valence-electron chi connectivity index (χ3n) is 11.2. The van der Waals surface area contributed by atoms with Crippen LogP contribution in [0.2, 0.25) is 0 Å².